The van der Waals surface area contributed by atoms with Crippen LogP contribution in [0.2, 0.25) is 0 Å². The molecule has 1 aromatic rings. The Labute approximate surface area is 245 Å². The third kappa shape index (κ3) is 8.70. The van der Waals surface area contributed by atoms with Gasteiger partial charge in [-0.25, -0.2) is 8.78 Å². The monoisotopic (exact) mass is 592 g/mol. The molecule has 2 heterocycles. The number of ketones is 1. The molecule has 2 aliphatic heterocycles. The maximum atomic E-state index is 13.7. The number of hydrogen-bond acceptors (Lipinski definition) is 7. The smallest absolute Gasteiger partial charge is 0.261 e. The SMILES string of the molecule is COc1ccc(C[C@H](NC(=O)[C@H](C)NC(=O)CN2CCC(F)(F)C2)C(=O)N[C@@H](CC2CCCC2)C(=O)[C@@]2(C)CO2)cc1. The Balaban J connectivity index is 1.43. The molecule has 0 unspecified atom stereocenters. The average molecular weight is 593 g/mol. The number of Topliss-reactive ketones (excluding diaryl/α,β-unsaturated/α-hetero) is 1. The van der Waals surface area contributed by atoms with Crippen LogP contribution in [-0.2, 0) is 30.3 Å². The van der Waals surface area contributed by atoms with E-state index in [1.54, 1.807) is 38.3 Å². The molecule has 12 heteroatoms. The lowest BCUT2D eigenvalue weighted by Crippen LogP contribution is -2.57. The van der Waals surface area contributed by atoms with Crippen LogP contribution in [0.15, 0.2) is 24.3 Å². The number of carbonyl (C=O) groups is 4. The lowest BCUT2D eigenvalue weighted by Gasteiger charge is -2.26. The molecule has 10 nitrogen and oxygen atoms in total. The number of likely N-dealkylation sites (tertiary alicyclic amines) is 1. The first-order chi connectivity index (χ1) is 19.9. The minimum absolute atomic E-state index is 0.0932. The minimum Gasteiger partial charge on any atom is -0.497 e. The van der Waals surface area contributed by atoms with E-state index in [2.05, 4.69) is 16.0 Å². The van der Waals surface area contributed by atoms with Gasteiger partial charge in [-0.2, -0.15) is 0 Å². The summed E-state index contributed by atoms with van der Waals surface area (Å²) in [6.45, 7) is 2.82. The zero-order chi connectivity index (χ0) is 30.5. The Hall–Kier alpha value is -3.12. The highest BCUT2D eigenvalue weighted by molar-refractivity contribution is 5.98. The highest BCUT2D eigenvalue weighted by Gasteiger charge is 2.50. The fourth-order valence-corrected chi connectivity index (χ4v) is 5.70. The van der Waals surface area contributed by atoms with Gasteiger partial charge in [0, 0.05) is 19.4 Å². The van der Waals surface area contributed by atoms with Gasteiger partial charge in [0.05, 0.1) is 32.8 Å². The van der Waals surface area contributed by atoms with Crippen LogP contribution in [0.3, 0.4) is 0 Å². The number of rotatable bonds is 14. The van der Waals surface area contributed by atoms with Crippen LogP contribution in [-0.4, -0.2) is 91.4 Å². The van der Waals surface area contributed by atoms with Crippen molar-refractivity contribution in [3.05, 3.63) is 29.8 Å². The van der Waals surface area contributed by atoms with Gasteiger partial charge in [-0.1, -0.05) is 37.8 Å². The second-order valence-corrected chi connectivity index (χ2v) is 12.1. The quantitative estimate of drug-likeness (QED) is 0.282. The summed E-state index contributed by atoms with van der Waals surface area (Å²) in [5.41, 5.74) is -0.164. The number of ether oxygens (including phenoxy) is 2. The number of carbonyl (C=O) groups excluding carboxylic acids is 4. The average Bonchev–Trinajstić information content (AvgIpc) is 3.31. The molecule has 3 amide bonds. The molecule has 3 fully saturated rings. The Kier molecular flexibility index (Phi) is 10.2. The van der Waals surface area contributed by atoms with Crippen molar-refractivity contribution in [3.8, 4) is 5.75 Å². The van der Waals surface area contributed by atoms with Gasteiger partial charge in [-0.05, 0) is 43.9 Å². The number of alkyl halides is 2. The molecule has 0 radical (unpaired) electrons. The van der Waals surface area contributed by atoms with Crippen molar-refractivity contribution in [3.63, 3.8) is 0 Å². The van der Waals surface area contributed by atoms with Crippen molar-refractivity contribution in [2.75, 3.05) is 33.4 Å². The van der Waals surface area contributed by atoms with E-state index in [4.69, 9.17) is 9.47 Å². The first-order valence-electron chi connectivity index (χ1n) is 14.7. The minimum atomic E-state index is -2.83. The number of benzene rings is 1. The Morgan fingerprint density at radius 1 is 1.05 bits per heavy atom. The summed E-state index contributed by atoms with van der Waals surface area (Å²) >= 11 is 0. The fraction of sp³-hybridized carbons (Fsp3) is 0.667. The molecular formula is C30H42F2N4O6. The molecule has 4 atom stereocenters. The van der Waals surface area contributed by atoms with Crippen LogP contribution < -0.4 is 20.7 Å². The largest absolute Gasteiger partial charge is 0.497 e. The van der Waals surface area contributed by atoms with Gasteiger partial charge in [0.15, 0.2) is 5.78 Å². The van der Waals surface area contributed by atoms with Crippen LogP contribution in [0.4, 0.5) is 8.78 Å². The van der Waals surface area contributed by atoms with E-state index in [1.165, 1.54) is 11.8 Å². The van der Waals surface area contributed by atoms with Gasteiger partial charge >= 0.3 is 0 Å². The first kappa shape index (κ1) is 31.8. The number of nitrogens with zero attached hydrogens (tertiary/aromatic N) is 1. The van der Waals surface area contributed by atoms with Crippen LogP contribution in [0.5, 0.6) is 5.75 Å². The van der Waals surface area contributed by atoms with Crippen molar-refractivity contribution in [2.24, 2.45) is 5.92 Å². The number of methoxy groups -OCH3 is 1. The molecule has 232 valence electrons. The Bertz CT molecular complexity index is 1140. The number of epoxide rings is 1. The molecule has 0 bridgehead atoms. The maximum Gasteiger partial charge on any atom is 0.261 e. The number of hydrogen-bond donors (Lipinski definition) is 3. The predicted molar refractivity (Wildman–Crippen MR) is 150 cm³/mol. The molecule has 1 aliphatic carbocycles. The summed E-state index contributed by atoms with van der Waals surface area (Å²) in [5, 5.41) is 8.16. The van der Waals surface area contributed by atoms with Crippen LogP contribution in [0.25, 0.3) is 0 Å². The standard InChI is InChI=1S/C30H42F2N4O6/c1-19(33-25(37)16-36-13-12-30(31,32)17-36)27(39)35-24(15-21-8-10-22(41-3)11-9-21)28(40)34-23(14-20-6-4-5-7-20)26(38)29(2)18-42-29/h8-11,19-20,23-24H,4-7,12-18H2,1-3H3,(H,33,37)(H,34,40)(H,35,39)/t19-,23-,24-,29+/m0/s1. The third-order valence-corrected chi connectivity index (χ3v) is 8.39. The highest BCUT2D eigenvalue weighted by atomic mass is 19.3. The molecule has 0 spiro atoms. The second-order valence-electron chi connectivity index (χ2n) is 12.1. The highest BCUT2D eigenvalue weighted by Crippen LogP contribution is 2.33. The number of halogens is 2. The van der Waals surface area contributed by atoms with Gasteiger partial charge in [-0.15, -0.1) is 0 Å². The molecule has 0 aromatic heterocycles. The molecule has 4 rings (SSSR count). The van der Waals surface area contributed by atoms with Crippen LogP contribution in [0, 0.1) is 5.92 Å². The van der Waals surface area contributed by atoms with Gasteiger partial charge < -0.3 is 25.4 Å². The second kappa shape index (κ2) is 13.5. The lowest BCUT2D eigenvalue weighted by molar-refractivity contribution is -0.134. The van der Waals surface area contributed by atoms with Crippen molar-refractivity contribution < 1.29 is 37.4 Å². The van der Waals surface area contributed by atoms with Gasteiger partial charge in [-0.3, -0.25) is 24.1 Å². The van der Waals surface area contributed by atoms with Crippen LogP contribution in [0.1, 0.15) is 57.9 Å². The van der Waals surface area contributed by atoms with Crippen molar-refractivity contribution >= 4 is 23.5 Å². The van der Waals surface area contributed by atoms with E-state index in [9.17, 15) is 28.0 Å². The Morgan fingerprint density at radius 3 is 2.26 bits per heavy atom. The zero-order valence-electron chi connectivity index (χ0n) is 24.5. The zero-order valence-corrected chi connectivity index (χ0v) is 24.5. The maximum absolute atomic E-state index is 13.7. The molecule has 3 aliphatic rings. The van der Waals surface area contributed by atoms with Crippen LogP contribution >= 0.6 is 0 Å². The number of nitrogens with one attached hydrogen (secondary N) is 3. The predicted octanol–water partition coefficient (Wildman–Crippen LogP) is 1.99. The summed E-state index contributed by atoms with van der Waals surface area (Å²) in [7, 11) is 1.54. The Morgan fingerprint density at radius 2 is 1.69 bits per heavy atom. The van der Waals surface area contributed by atoms with Gasteiger partial charge in [0.2, 0.25) is 17.7 Å². The first-order valence-corrected chi connectivity index (χ1v) is 14.7. The normalized spacial score (nSPS) is 23.9. The van der Waals surface area contributed by atoms with E-state index in [0.717, 1.165) is 31.2 Å². The summed E-state index contributed by atoms with van der Waals surface area (Å²) in [6, 6.07) is 4.23. The summed E-state index contributed by atoms with van der Waals surface area (Å²) < 4.78 is 37.6. The molecule has 1 aromatic carbocycles. The van der Waals surface area contributed by atoms with E-state index in [1.807, 2.05) is 0 Å². The summed E-state index contributed by atoms with van der Waals surface area (Å²) in [5.74, 6) is -3.74. The molecule has 1 saturated carbocycles. The number of amides is 3. The summed E-state index contributed by atoms with van der Waals surface area (Å²) in [6.07, 6.45) is 4.50. The van der Waals surface area contributed by atoms with E-state index >= 15 is 0 Å². The molecule has 3 N–H and O–H groups in total. The van der Waals surface area contributed by atoms with E-state index < -0.39 is 53.9 Å². The van der Waals surface area contributed by atoms with E-state index in [0.29, 0.717) is 24.7 Å². The van der Waals surface area contributed by atoms with Crippen molar-refractivity contribution in [1.29, 1.82) is 0 Å². The lowest BCUT2D eigenvalue weighted by atomic mass is 9.90. The summed E-state index contributed by atoms with van der Waals surface area (Å²) in [4.78, 5) is 53.9. The van der Waals surface area contributed by atoms with Gasteiger partial charge in [0.1, 0.15) is 23.4 Å². The molecular weight excluding hydrogens is 550 g/mol. The topological polar surface area (TPSA) is 129 Å². The van der Waals surface area contributed by atoms with Crippen molar-refractivity contribution in [1.82, 2.24) is 20.9 Å². The molecule has 42 heavy (non-hydrogen) atoms. The third-order valence-electron chi connectivity index (χ3n) is 8.39. The fourth-order valence-electron chi connectivity index (χ4n) is 5.70. The van der Waals surface area contributed by atoms with Gasteiger partial charge in [0.25, 0.3) is 5.92 Å². The van der Waals surface area contributed by atoms with Crippen molar-refractivity contribution in [2.45, 2.75) is 88.4 Å². The van der Waals surface area contributed by atoms with E-state index in [-0.39, 0.29) is 31.7 Å². The molecule has 2 saturated heterocycles.